The van der Waals surface area contributed by atoms with Crippen LogP contribution in [0.1, 0.15) is 65.3 Å². The lowest BCUT2D eigenvalue weighted by Crippen LogP contribution is -2.33. The van der Waals surface area contributed by atoms with Gasteiger partial charge in [0.2, 0.25) is 0 Å². The summed E-state index contributed by atoms with van der Waals surface area (Å²) in [6, 6.07) is 27.4. The molecule has 1 fully saturated rings. The second kappa shape index (κ2) is 11.3. The summed E-state index contributed by atoms with van der Waals surface area (Å²) < 4.78 is 0. The quantitative estimate of drug-likeness (QED) is 0.453. The maximum Gasteiger partial charge on any atom is 0.251 e. The van der Waals surface area contributed by atoms with Crippen molar-refractivity contribution in [3.05, 3.63) is 107 Å². The molecule has 4 rings (SSSR count). The van der Waals surface area contributed by atoms with Crippen LogP contribution in [0, 0.1) is 5.92 Å². The van der Waals surface area contributed by atoms with E-state index in [1.165, 1.54) is 36.0 Å². The summed E-state index contributed by atoms with van der Waals surface area (Å²) in [5.41, 5.74) is 5.90. The second-order valence-electron chi connectivity index (χ2n) is 9.40. The number of likely N-dealkylation sites (tertiary alicyclic amines) is 1. The fraction of sp³-hybridized carbons (Fsp3) is 0.367. The van der Waals surface area contributed by atoms with Gasteiger partial charge in [0.25, 0.3) is 5.91 Å². The Morgan fingerprint density at radius 3 is 2.15 bits per heavy atom. The van der Waals surface area contributed by atoms with E-state index in [0.717, 1.165) is 43.1 Å². The van der Waals surface area contributed by atoms with Crippen molar-refractivity contribution in [3.63, 3.8) is 0 Å². The highest BCUT2D eigenvalue weighted by Crippen LogP contribution is 2.23. The Hall–Kier alpha value is -2.91. The minimum absolute atomic E-state index is 0.0136. The van der Waals surface area contributed by atoms with E-state index in [2.05, 4.69) is 83.9 Å². The molecule has 0 saturated carbocycles. The molecule has 3 nitrogen and oxygen atoms in total. The van der Waals surface area contributed by atoms with E-state index in [4.69, 9.17) is 0 Å². The van der Waals surface area contributed by atoms with Crippen LogP contribution in [-0.4, -0.2) is 23.9 Å². The molecule has 0 unspecified atom stereocenters. The van der Waals surface area contributed by atoms with Gasteiger partial charge in [-0.3, -0.25) is 9.69 Å². The highest BCUT2D eigenvalue weighted by Gasteiger charge is 2.19. The number of piperidine rings is 1. The molecule has 3 heteroatoms. The second-order valence-corrected chi connectivity index (χ2v) is 9.40. The largest absolute Gasteiger partial charge is 0.346 e. The molecule has 3 aromatic carbocycles. The van der Waals surface area contributed by atoms with Crippen molar-refractivity contribution in [2.24, 2.45) is 5.92 Å². The monoisotopic (exact) mass is 440 g/mol. The average Bonchev–Trinajstić information content (AvgIpc) is 2.86. The zero-order valence-electron chi connectivity index (χ0n) is 20.0. The number of hydrogen-bond acceptors (Lipinski definition) is 2. The van der Waals surface area contributed by atoms with Gasteiger partial charge >= 0.3 is 0 Å². The zero-order valence-corrected chi connectivity index (χ0v) is 20.0. The smallest absolute Gasteiger partial charge is 0.251 e. The summed E-state index contributed by atoms with van der Waals surface area (Å²) in [6.45, 7) is 7.44. The number of nitrogens with one attached hydrogen (secondary N) is 1. The third-order valence-electron chi connectivity index (χ3n) is 6.93. The molecule has 1 aliphatic heterocycles. The molecule has 1 N–H and O–H groups in total. The Kier molecular flexibility index (Phi) is 7.96. The van der Waals surface area contributed by atoms with Gasteiger partial charge < -0.3 is 5.32 Å². The Morgan fingerprint density at radius 1 is 0.879 bits per heavy atom. The van der Waals surface area contributed by atoms with Crippen LogP contribution in [0.5, 0.6) is 0 Å². The summed E-state index contributed by atoms with van der Waals surface area (Å²) in [4.78, 5) is 15.3. The van der Waals surface area contributed by atoms with E-state index in [9.17, 15) is 4.79 Å². The number of aryl methyl sites for hydroxylation is 1. The van der Waals surface area contributed by atoms with E-state index in [0.29, 0.717) is 0 Å². The maximum absolute atomic E-state index is 12.7. The Labute approximate surface area is 198 Å². The van der Waals surface area contributed by atoms with Gasteiger partial charge in [-0.2, -0.15) is 0 Å². The number of carbonyl (C=O) groups is 1. The molecule has 1 aliphatic rings. The van der Waals surface area contributed by atoms with Gasteiger partial charge in [0.1, 0.15) is 0 Å². The van der Waals surface area contributed by atoms with Crippen molar-refractivity contribution >= 4 is 5.91 Å². The molecule has 1 saturated heterocycles. The Balaban J connectivity index is 1.24. The molecule has 172 valence electrons. The summed E-state index contributed by atoms with van der Waals surface area (Å²) in [5, 5.41) is 3.13. The standard InChI is InChI=1S/C30H36N2O/c1-3-24-9-13-28(14-10-24)23(2)31-30(33)29-15-11-27(12-16-29)22-32-19-17-26(18-20-32)21-25-7-5-4-6-8-25/h4-16,23,26H,3,17-22H2,1-2H3,(H,31,33)/t23-/m0/s1. The van der Waals surface area contributed by atoms with E-state index < -0.39 is 0 Å². The predicted octanol–water partition coefficient (Wildman–Crippen LogP) is 6.19. The molecule has 0 radical (unpaired) electrons. The molecule has 1 amide bonds. The van der Waals surface area contributed by atoms with Crippen molar-refractivity contribution in [1.29, 1.82) is 0 Å². The highest BCUT2D eigenvalue weighted by molar-refractivity contribution is 5.94. The fourth-order valence-corrected chi connectivity index (χ4v) is 4.72. The first-order chi connectivity index (χ1) is 16.1. The highest BCUT2D eigenvalue weighted by atomic mass is 16.1. The fourth-order valence-electron chi connectivity index (χ4n) is 4.72. The van der Waals surface area contributed by atoms with Gasteiger partial charge in [-0.25, -0.2) is 0 Å². The molecule has 1 atom stereocenters. The number of nitrogens with zero attached hydrogens (tertiary/aromatic N) is 1. The molecule has 3 aromatic rings. The van der Waals surface area contributed by atoms with Crippen LogP contribution in [0.3, 0.4) is 0 Å². The van der Waals surface area contributed by atoms with Crippen molar-refractivity contribution in [1.82, 2.24) is 10.2 Å². The minimum atomic E-state index is -0.0182. The van der Waals surface area contributed by atoms with Crippen LogP contribution in [0.4, 0.5) is 0 Å². The van der Waals surface area contributed by atoms with Gasteiger partial charge in [-0.15, -0.1) is 0 Å². The first kappa shape index (κ1) is 23.3. The van der Waals surface area contributed by atoms with Gasteiger partial charge in [0.05, 0.1) is 6.04 Å². The average molecular weight is 441 g/mol. The van der Waals surface area contributed by atoms with Crippen LogP contribution in [-0.2, 0) is 19.4 Å². The van der Waals surface area contributed by atoms with Crippen LogP contribution < -0.4 is 5.32 Å². The van der Waals surface area contributed by atoms with E-state index in [-0.39, 0.29) is 11.9 Å². The van der Waals surface area contributed by atoms with Gasteiger partial charge in [-0.05, 0) is 86.0 Å². The number of hydrogen-bond donors (Lipinski definition) is 1. The lowest BCUT2D eigenvalue weighted by Gasteiger charge is -2.32. The van der Waals surface area contributed by atoms with Gasteiger partial charge in [-0.1, -0.05) is 73.7 Å². The topological polar surface area (TPSA) is 32.3 Å². The third kappa shape index (κ3) is 6.55. The molecule has 33 heavy (non-hydrogen) atoms. The van der Waals surface area contributed by atoms with Crippen molar-refractivity contribution in [2.45, 2.75) is 52.1 Å². The number of benzene rings is 3. The Bertz CT molecular complexity index is 1000. The number of amides is 1. The molecule has 0 aromatic heterocycles. The van der Waals surface area contributed by atoms with Crippen molar-refractivity contribution in [3.8, 4) is 0 Å². The van der Waals surface area contributed by atoms with E-state index in [1.807, 2.05) is 19.1 Å². The van der Waals surface area contributed by atoms with Gasteiger partial charge in [0, 0.05) is 12.1 Å². The summed E-state index contributed by atoms with van der Waals surface area (Å²) >= 11 is 0. The molecular weight excluding hydrogens is 404 g/mol. The van der Waals surface area contributed by atoms with E-state index in [1.54, 1.807) is 0 Å². The van der Waals surface area contributed by atoms with Gasteiger partial charge in [0.15, 0.2) is 0 Å². The summed E-state index contributed by atoms with van der Waals surface area (Å²) in [7, 11) is 0. The molecular formula is C30H36N2O. The predicted molar refractivity (Wildman–Crippen MR) is 136 cm³/mol. The minimum Gasteiger partial charge on any atom is -0.346 e. The lowest BCUT2D eigenvalue weighted by atomic mass is 9.90. The molecule has 0 aliphatic carbocycles. The molecule has 0 bridgehead atoms. The van der Waals surface area contributed by atoms with Crippen LogP contribution in [0.25, 0.3) is 0 Å². The SMILES string of the molecule is CCc1ccc([C@H](C)NC(=O)c2ccc(CN3CCC(Cc4ccccc4)CC3)cc2)cc1. The molecule has 1 heterocycles. The first-order valence-corrected chi connectivity index (χ1v) is 12.4. The maximum atomic E-state index is 12.7. The zero-order chi connectivity index (χ0) is 23.0. The Morgan fingerprint density at radius 2 is 1.52 bits per heavy atom. The van der Waals surface area contributed by atoms with E-state index >= 15 is 0 Å². The van der Waals surface area contributed by atoms with Crippen LogP contribution in [0.15, 0.2) is 78.9 Å². The van der Waals surface area contributed by atoms with Crippen LogP contribution >= 0.6 is 0 Å². The van der Waals surface area contributed by atoms with Crippen LogP contribution in [0.2, 0.25) is 0 Å². The third-order valence-corrected chi connectivity index (χ3v) is 6.93. The number of rotatable bonds is 8. The normalized spacial score (nSPS) is 15.8. The lowest BCUT2D eigenvalue weighted by molar-refractivity contribution is 0.0940. The first-order valence-electron chi connectivity index (χ1n) is 12.4. The molecule has 0 spiro atoms. The summed E-state index contributed by atoms with van der Waals surface area (Å²) in [6.07, 6.45) is 4.73. The van der Waals surface area contributed by atoms with Crippen molar-refractivity contribution in [2.75, 3.05) is 13.1 Å². The number of carbonyl (C=O) groups excluding carboxylic acids is 1. The van der Waals surface area contributed by atoms with Crippen molar-refractivity contribution < 1.29 is 4.79 Å². The summed E-state index contributed by atoms with van der Waals surface area (Å²) in [5.74, 6) is 0.769.